The van der Waals surface area contributed by atoms with Crippen molar-refractivity contribution >= 4 is 0 Å². The van der Waals surface area contributed by atoms with Crippen molar-refractivity contribution in [1.29, 1.82) is 0 Å². The molecule has 2 heteroatoms. The molecule has 2 aliphatic heterocycles. The number of fused-ring (bicyclic) bond motifs is 1. The predicted molar refractivity (Wildman–Crippen MR) is 46.7 cm³/mol. The zero-order chi connectivity index (χ0) is 7.73. The molecule has 0 unspecified atom stereocenters. The Labute approximate surface area is 68.7 Å². The molecule has 0 saturated carbocycles. The van der Waals surface area contributed by atoms with Gasteiger partial charge in [0.2, 0.25) is 0 Å². The van der Waals surface area contributed by atoms with E-state index in [0.717, 1.165) is 6.04 Å². The summed E-state index contributed by atoms with van der Waals surface area (Å²) in [5, 5.41) is 7.23. The Morgan fingerprint density at radius 3 is 3.00 bits per heavy atom. The largest absolute Gasteiger partial charge is 0.312 e. The molecule has 2 rings (SSSR count). The van der Waals surface area contributed by atoms with Crippen LogP contribution in [0.25, 0.3) is 0 Å². The Kier molecular flexibility index (Phi) is 1.90. The summed E-state index contributed by atoms with van der Waals surface area (Å²) in [5.74, 6) is 0. The van der Waals surface area contributed by atoms with E-state index in [1.54, 1.807) is 0 Å². The molecule has 0 aromatic rings. The Bertz CT molecular complexity index is 132. The fourth-order valence-corrected chi connectivity index (χ4v) is 2.44. The molecule has 2 atom stereocenters. The van der Waals surface area contributed by atoms with E-state index in [2.05, 4.69) is 17.6 Å². The molecule has 11 heavy (non-hydrogen) atoms. The normalized spacial score (nSPS) is 45.0. The second-order valence-electron chi connectivity index (χ2n) is 4.10. The summed E-state index contributed by atoms with van der Waals surface area (Å²) in [7, 11) is 0. The van der Waals surface area contributed by atoms with Gasteiger partial charge in [-0.05, 0) is 45.7 Å². The number of nitrogens with one attached hydrogen (secondary N) is 2. The summed E-state index contributed by atoms with van der Waals surface area (Å²) in [4.78, 5) is 0. The van der Waals surface area contributed by atoms with Gasteiger partial charge in [-0.2, -0.15) is 0 Å². The fourth-order valence-electron chi connectivity index (χ4n) is 2.44. The van der Waals surface area contributed by atoms with Crippen molar-refractivity contribution in [3.63, 3.8) is 0 Å². The highest BCUT2D eigenvalue weighted by Gasteiger charge is 2.37. The summed E-state index contributed by atoms with van der Waals surface area (Å²) < 4.78 is 0. The third kappa shape index (κ3) is 1.30. The van der Waals surface area contributed by atoms with Crippen LogP contribution < -0.4 is 10.6 Å². The highest BCUT2D eigenvalue weighted by atomic mass is 15.1. The van der Waals surface area contributed by atoms with Crippen molar-refractivity contribution < 1.29 is 0 Å². The maximum absolute atomic E-state index is 3.63. The van der Waals surface area contributed by atoms with E-state index in [0.29, 0.717) is 5.54 Å². The molecule has 0 aromatic carbocycles. The molecule has 0 radical (unpaired) electrons. The van der Waals surface area contributed by atoms with Crippen LogP contribution in [0, 0.1) is 0 Å². The average Bonchev–Trinajstić information content (AvgIpc) is 2.03. The van der Waals surface area contributed by atoms with Crippen LogP contribution in [-0.2, 0) is 0 Å². The van der Waals surface area contributed by atoms with Gasteiger partial charge in [-0.25, -0.2) is 0 Å². The Balaban J connectivity index is 2.06. The van der Waals surface area contributed by atoms with Crippen LogP contribution >= 0.6 is 0 Å². The van der Waals surface area contributed by atoms with E-state index in [-0.39, 0.29) is 0 Å². The summed E-state index contributed by atoms with van der Waals surface area (Å²) in [6.45, 7) is 4.81. The van der Waals surface area contributed by atoms with Crippen LogP contribution in [0.2, 0.25) is 0 Å². The van der Waals surface area contributed by atoms with E-state index in [1.807, 2.05) is 0 Å². The quantitative estimate of drug-likeness (QED) is 0.541. The summed E-state index contributed by atoms with van der Waals surface area (Å²) >= 11 is 0. The van der Waals surface area contributed by atoms with Gasteiger partial charge in [0.1, 0.15) is 0 Å². The molecule has 0 aromatic heterocycles. The SMILES string of the molecule is C[C@]12CCCN[C@@H]1CCCN2. The first-order valence-corrected chi connectivity index (χ1v) is 4.80. The highest BCUT2D eigenvalue weighted by molar-refractivity contribution is 5.00. The maximum Gasteiger partial charge on any atom is 0.0307 e. The molecular weight excluding hydrogens is 136 g/mol. The molecule has 2 saturated heterocycles. The predicted octanol–water partition coefficient (Wildman–Crippen LogP) is 0.880. The lowest BCUT2D eigenvalue weighted by Gasteiger charge is -2.46. The second kappa shape index (κ2) is 2.76. The molecular formula is C9H18N2. The Morgan fingerprint density at radius 1 is 1.27 bits per heavy atom. The van der Waals surface area contributed by atoms with E-state index in [4.69, 9.17) is 0 Å². The minimum Gasteiger partial charge on any atom is -0.312 e. The molecule has 0 amide bonds. The van der Waals surface area contributed by atoms with Gasteiger partial charge >= 0.3 is 0 Å². The van der Waals surface area contributed by atoms with Crippen LogP contribution in [0.1, 0.15) is 32.6 Å². The zero-order valence-electron chi connectivity index (χ0n) is 7.32. The van der Waals surface area contributed by atoms with Crippen LogP contribution in [-0.4, -0.2) is 24.7 Å². The first kappa shape index (κ1) is 7.56. The van der Waals surface area contributed by atoms with Crippen molar-refractivity contribution in [2.45, 2.75) is 44.2 Å². The minimum atomic E-state index is 0.413. The smallest absolute Gasteiger partial charge is 0.0307 e. The van der Waals surface area contributed by atoms with Crippen LogP contribution in [0.4, 0.5) is 0 Å². The molecule has 2 nitrogen and oxygen atoms in total. The summed E-state index contributed by atoms with van der Waals surface area (Å²) in [6, 6.07) is 0.741. The van der Waals surface area contributed by atoms with Crippen molar-refractivity contribution in [3.8, 4) is 0 Å². The summed E-state index contributed by atoms with van der Waals surface area (Å²) in [6.07, 6.45) is 5.39. The Morgan fingerprint density at radius 2 is 2.18 bits per heavy atom. The van der Waals surface area contributed by atoms with E-state index in [9.17, 15) is 0 Å². The molecule has 0 aliphatic carbocycles. The number of hydrogen-bond donors (Lipinski definition) is 2. The van der Waals surface area contributed by atoms with Gasteiger partial charge in [0, 0.05) is 11.6 Å². The third-order valence-corrected chi connectivity index (χ3v) is 3.23. The lowest BCUT2D eigenvalue weighted by Crippen LogP contribution is -2.63. The number of piperidine rings is 2. The fraction of sp³-hybridized carbons (Fsp3) is 1.00. The van der Waals surface area contributed by atoms with Crippen LogP contribution in [0.15, 0.2) is 0 Å². The minimum absolute atomic E-state index is 0.413. The van der Waals surface area contributed by atoms with Gasteiger partial charge in [0.15, 0.2) is 0 Å². The topological polar surface area (TPSA) is 24.1 Å². The Hall–Kier alpha value is -0.0800. The van der Waals surface area contributed by atoms with Crippen molar-refractivity contribution in [2.24, 2.45) is 0 Å². The van der Waals surface area contributed by atoms with Crippen molar-refractivity contribution in [3.05, 3.63) is 0 Å². The van der Waals surface area contributed by atoms with E-state index < -0.39 is 0 Å². The molecule has 2 N–H and O–H groups in total. The van der Waals surface area contributed by atoms with Gasteiger partial charge in [-0.1, -0.05) is 0 Å². The maximum atomic E-state index is 3.63. The number of rotatable bonds is 0. The van der Waals surface area contributed by atoms with Crippen molar-refractivity contribution in [1.82, 2.24) is 10.6 Å². The van der Waals surface area contributed by atoms with Gasteiger partial charge in [-0.3, -0.25) is 0 Å². The lowest BCUT2D eigenvalue weighted by molar-refractivity contribution is 0.157. The third-order valence-electron chi connectivity index (χ3n) is 3.23. The van der Waals surface area contributed by atoms with Gasteiger partial charge in [0.05, 0.1) is 0 Å². The molecule has 64 valence electrons. The molecule has 0 bridgehead atoms. The summed E-state index contributed by atoms with van der Waals surface area (Å²) in [5.41, 5.74) is 0.413. The molecule has 2 heterocycles. The molecule has 2 aliphatic rings. The average molecular weight is 154 g/mol. The van der Waals surface area contributed by atoms with E-state index >= 15 is 0 Å². The number of hydrogen-bond acceptors (Lipinski definition) is 2. The first-order chi connectivity index (χ1) is 5.31. The monoisotopic (exact) mass is 154 g/mol. The van der Waals surface area contributed by atoms with Gasteiger partial charge in [0.25, 0.3) is 0 Å². The zero-order valence-corrected chi connectivity index (χ0v) is 7.32. The standard InChI is InChI=1S/C9H18N2/c1-9-5-3-6-10-8(9)4-2-7-11-9/h8,10-11H,2-7H2,1H3/t8-,9+/m1/s1. The van der Waals surface area contributed by atoms with Gasteiger partial charge in [-0.15, -0.1) is 0 Å². The van der Waals surface area contributed by atoms with Crippen LogP contribution in [0.3, 0.4) is 0 Å². The van der Waals surface area contributed by atoms with E-state index in [1.165, 1.54) is 38.8 Å². The van der Waals surface area contributed by atoms with Crippen molar-refractivity contribution in [2.75, 3.05) is 13.1 Å². The first-order valence-electron chi connectivity index (χ1n) is 4.80. The highest BCUT2D eigenvalue weighted by Crippen LogP contribution is 2.27. The van der Waals surface area contributed by atoms with Crippen LogP contribution in [0.5, 0.6) is 0 Å². The molecule has 2 fully saturated rings. The second-order valence-corrected chi connectivity index (χ2v) is 4.10. The molecule has 0 spiro atoms. The van der Waals surface area contributed by atoms with Gasteiger partial charge < -0.3 is 10.6 Å². The lowest BCUT2D eigenvalue weighted by atomic mass is 9.79.